The lowest BCUT2D eigenvalue weighted by Gasteiger charge is -2.31. The summed E-state index contributed by atoms with van der Waals surface area (Å²) in [5.41, 5.74) is 6.97. The number of nitrogens with two attached hydrogens (primary N) is 1. The van der Waals surface area contributed by atoms with Crippen molar-refractivity contribution in [1.29, 1.82) is 0 Å². The molecule has 3 aromatic rings. The van der Waals surface area contributed by atoms with Crippen LogP contribution in [0.15, 0.2) is 36.7 Å². The summed E-state index contributed by atoms with van der Waals surface area (Å²) < 4.78 is 63.3. The van der Waals surface area contributed by atoms with Crippen LogP contribution in [0.5, 0.6) is 5.75 Å². The van der Waals surface area contributed by atoms with E-state index in [9.17, 15) is 9.46 Å². The van der Waals surface area contributed by atoms with Gasteiger partial charge in [-0.15, -0.1) is 0 Å². The fourth-order valence-corrected chi connectivity index (χ4v) is 9.18. The highest BCUT2D eigenvalue weighted by Gasteiger charge is 2.68. The Bertz CT molecular complexity index is 1790. The SMILES string of the molecule is CCCCCCCCCCCCCCCCCCOCC(COP(=O)(O)OC[C@@]1(C)OC[C@@]2(c3ccc4c(N)ncnn34)OC(C)(C)O[C@H]12)OCc1ccc(C)cc1OC. The molecular formula is C45H73N4O10P. The van der Waals surface area contributed by atoms with Crippen LogP contribution in [0.1, 0.15) is 147 Å². The van der Waals surface area contributed by atoms with Crippen molar-refractivity contribution >= 4 is 19.2 Å². The molecule has 15 heteroatoms. The molecule has 2 aliphatic heterocycles. The molecule has 60 heavy (non-hydrogen) atoms. The second kappa shape index (κ2) is 23.2. The van der Waals surface area contributed by atoms with Crippen molar-refractivity contribution in [1.82, 2.24) is 14.6 Å². The summed E-state index contributed by atoms with van der Waals surface area (Å²) in [4.78, 5) is 15.1. The van der Waals surface area contributed by atoms with Crippen LogP contribution in [0.4, 0.5) is 5.82 Å². The normalized spacial score (nSPS) is 22.6. The molecule has 14 nitrogen and oxygen atoms in total. The largest absolute Gasteiger partial charge is 0.496 e. The zero-order valence-electron chi connectivity index (χ0n) is 37.2. The predicted molar refractivity (Wildman–Crippen MR) is 232 cm³/mol. The quantitative estimate of drug-likeness (QED) is 0.0481. The van der Waals surface area contributed by atoms with E-state index in [1.165, 1.54) is 96.2 Å². The highest BCUT2D eigenvalue weighted by molar-refractivity contribution is 7.47. The first kappa shape index (κ1) is 48.4. The third-order valence-corrected chi connectivity index (χ3v) is 12.6. The van der Waals surface area contributed by atoms with E-state index in [0.29, 0.717) is 29.4 Å². The van der Waals surface area contributed by atoms with Gasteiger partial charge >= 0.3 is 7.82 Å². The number of nitrogen functional groups attached to an aromatic ring is 1. The Morgan fingerprint density at radius 1 is 0.917 bits per heavy atom. The molecule has 5 atom stereocenters. The highest BCUT2D eigenvalue weighted by Crippen LogP contribution is 2.55. The summed E-state index contributed by atoms with van der Waals surface area (Å²) in [5.74, 6) is 0.0112. The van der Waals surface area contributed by atoms with Crippen molar-refractivity contribution in [2.45, 2.75) is 173 Å². The van der Waals surface area contributed by atoms with E-state index in [-0.39, 0.29) is 33.0 Å². The molecule has 2 fully saturated rings. The number of phosphoric acid groups is 1. The van der Waals surface area contributed by atoms with E-state index < -0.39 is 37.0 Å². The van der Waals surface area contributed by atoms with Gasteiger partial charge in [0.2, 0.25) is 0 Å². The van der Waals surface area contributed by atoms with Gasteiger partial charge in [-0.2, -0.15) is 5.10 Å². The summed E-state index contributed by atoms with van der Waals surface area (Å²) in [6.45, 7) is 10.1. The third kappa shape index (κ3) is 13.7. The highest BCUT2D eigenvalue weighted by atomic mass is 31.2. The Labute approximate surface area is 358 Å². The third-order valence-electron chi connectivity index (χ3n) is 11.6. The van der Waals surface area contributed by atoms with Crippen molar-refractivity contribution in [3.05, 3.63) is 53.5 Å². The molecule has 3 N–H and O–H groups in total. The molecule has 5 rings (SSSR count). The van der Waals surface area contributed by atoms with Gasteiger partial charge in [-0.3, -0.25) is 9.05 Å². The minimum absolute atomic E-state index is 0.0721. The van der Waals surface area contributed by atoms with Gasteiger partial charge < -0.3 is 39.0 Å². The second-order valence-corrected chi connectivity index (χ2v) is 18.8. The number of hydrogen-bond donors (Lipinski definition) is 2. The molecule has 0 saturated carbocycles. The first-order chi connectivity index (χ1) is 28.8. The maximum Gasteiger partial charge on any atom is 0.472 e. The first-order valence-electron chi connectivity index (χ1n) is 22.4. The number of anilines is 1. The molecule has 0 radical (unpaired) electrons. The maximum atomic E-state index is 13.4. The molecule has 2 aromatic heterocycles. The lowest BCUT2D eigenvalue weighted by molar-refractivity contribution is -0.208. The Kier molecular flexibility index (Phi) is 18.7. The van der Waals surface area contributed by atoms with Crippen LogP contribution < -0.4 is 10.5 Å². The van der Waals surface area contributed by atoms with Crippen LogP contribution in [0.25, 0.3) is 5.52 Å². The molecule has 0 spiro atoms. The number of phosphoric ester groups is 1. The lowest BCUT2D eigenvalue weighted by Crippen LogP contribution is -2.48. The van der Waals surface area contributed by atoms with Gasteiger partial charge in [-0.05, 0) is 57.9 Å². The molecule has 0 aliphatic carbocycles. The fourth-order valence-electron chi connectivity index (χ4n) is 8.33. The molecule has 2 aliphatic rings. The number of aryl methyl sites for hydroxylation is 1. The molecular weight excluding hydrogens is 787 g/mol. The number of benzene rings is 1. The van der Waals surface area contributed by atoms with Crippen molar-refractivity contribution < 1.29 is 46.9 Å². The molecule has 0 bridgehead atoms. The van der Waals surface area contributed by atoms with Gasteiger partial charge in [0.05, 0.1) is 45.8 Å². The smallest absolute Gasteiger partial charge is 0.472 e. The number of fused-ring (bicyclic) bond motifs is 2. The standard InChI is InChI=1S/C45H73N4O10P/c1-7-8-9-10-11-12-13-14-15-16-17-18-19-20-21-22-27-53-30-37(54-29-36-24-23-35(2)28-39(36)52-6)31-56-60(50,51)57-32-44(5)42-45(33-55-44,59-43(3,4)58-42)40-26-25-38-41(46)47-34-48-49(38)40/h23-26,28,34,37,42H,7-22,27,29-33H2,1-6H3,(H,50,51)(H2,46,47,48)/t37?,42-,44-,45+/m1/s1. The number of hydrogen-bond acceptors (Lipinski definition) is 12. The fraction of sp³-hybridized carbons (Fsp3) is 0.733. The summed E-state index contributed by atoms with van der Waals surface area (Å²) in [6, 6.07) is 9.53. The number of unbranched alkanes of at least 4 members (excludes halogenated alkanes) is 15. The minimum Gasteiger partial charge on any atom is -0.496 e. The Balaban J connectivity index is 1.07. The zero-order valence-corrected chi connectivity index (χ0v) is 38.1. The number of methoxy groups -OCH3 is 1. The number of nitrogens with zero attached hydrogens (tertiary/aromatic N) is 3. The van der Waals surface area contributed by atoms with Gasteiger partial charge in [-0.25, -0.2) is 14.1 Å². The van der Waals surface area contributed by atoms with Crippen molar-refractivity contribution in [3.8, 4) is 5.75 Å². The molecule has 4 heterocycles. The minimum atomic E-state index is -4.61. The van der Waals surface area contributed by atoms with Gasteiger partial charge in [0.1, 0.15) is 35.4 Å². The van der Waals surface area contributed by atoms with Crippen LogP contribution in [0, 0.1) is 6.92 Å². The van der Waals surface area contributed by atoms with Crippen molar-refractivity contribution in [2.75, 3.05) is 45.9 Å². The van der Waals surface area contributed by atoms with Crippen LogP contribution in [-0.2, 0) is 49.5 Å². The molecule has 338 valence electrons. The predicted octanol–water partition coefficient (Wildman–Crippen LogP) is 9.76. The first-order valence-corrected chi connectivity index (χ1v) is 23.9. The molecule has 2 saturated heterocycles. The van der Waals surface area contributed by atoms with Crippen molar-refractivity contribution in [2.24, 2.45) is 0 Å². The average molecular weight is 861 g/mol. The average Bonchev–Trinajstić information content (AvgIpc) is 3.87. The van der Waals surface area contributed by atoms with Gasteiger partial charge in [-0.1, -0.05) is 115 Å². The van der Waals surface area contributed by atoms with E-state index in [0.717, 1.165) is 24.0 Å². The Morgan fingerprint density at radius 3 is 2.22 bits per heavy atom. The Hall–Kier alpha value is -2.65. The van der Waals surface area contributed by atoms with Gasteiger partial charge in [0.15, 0.2) is 17.2 Å². The van der Waals surface area contributed by atoms with Gasteiger partial charge in [0.25, 0.3) is 0 Å². The van der Waals surface area contributed by atoms with Crippen LogP contribution >= 0.6 is 7.82 Å². The zero-order chi connectivity index (χ0) is 43.1. The lowest BCUT2D eigenvalue weighted by atomic mass is 9.86. The van der Waals surface area contributed by atoms with Gasteiger partial charge in [0, 0.05) is 12.2 Å². The van der Waals surface area contributed by atoms with Crippen LogP contribution in [0.2, 0.25) is 0 Å². The van der Waals surface area contributed by atoms with Crippen molar-refractivity contribution in [3.63, 3.8) is 0 Å². The van der Waals surface area contributed by atoms with E-state index in [2.05, 4.69) is 17.0 Å². The van der Waals surface area contributed by atoms with E-state index in [4.69, 9.17) is 43.2 Å². The number of aromatic nitrogens is 3. The maximum absolute atomic E-state index is 13.4. The summed E-state index contributed by atoms with van der Waals surface area (Å²) >= 11 is 0. The molecule has 0 amide bonds. The Morgan fingerprint density at radius 2 is 1.57 bits per heavy atom. The van der Waals surface area contributed by atoms with Crippen LogP contribution in [-0.4, -0.2) is 83.2 Å². The van der Waals surface area contributed by atoms with E-state index in [1.807, 2.05) is 51.1 Å². The summed E-state index contributed by atoms with van der Waals surface area (Å²) in [5, 5.41) is 4.41. The van der Waals surface area contributed by atoms with Crippen LogP contribution in [0.3, 0.4) is 0 Å². The topological polar surface area (TPSA) is 167 Å². The van der Waals surface area contributed by atoms with E-state index >= 15 is 0 Å². The molecule has 1 aromatic carbocycles. The second-order valence-electron chi connectivity index (χ2n) is 17.3. The number of ether oxygens (including phenoxy) is 6. The summed E-state index contributed by atoms with van der Waals surface area (Å²) in [7, 11) is -2.99. The monoisotopic (exact) mass is 861 g/mol. The van der Waals surface area contributed by atoms with E-state index in [1.54, 1.807) is 18.5 Å². The molecule has 2 unspecified atom stereocenters. The number of rotatable bonds is 30. The summed E-state index contributed by atoms with van der Waals surface area (Å²) in [6.07, 6.45) is 20.8.